The van der Waals surface area contributed by atoms with Crippen molar-refractivity contribution in [1.29, 1.82) is 0 Å². The average Bonchev–Trinajstić information content (AvgIpc) is 2.26. The van der Waals surface area contributed by atoms with Crippen molar-refractivity contribution in [3.63, 3.8) is 0 Å². The Hall–Kier alpha value is -1.39. The lowest BCUT2D eigenvalue weighted by Crippen LogP contribution is -2.28. The minimum atomic E-state index is -0.413. The van der Waals surface area contributed by atoms with Gasteiger partial charge in [-0.25, -0.2) is 0 Å². The van der Waals surface area contributed by atoms with Crippen LogP contribution < -0.4 is 11.1 Å². The van der Waals surface area contributed by atoms with Crippen molar-refractivity contribution >= 4 is 5.91 Å². The number of nitrogens with one attached hydrogen (secondary N) is 1. The monoisotopic (exact) mass is 236 g/mol. The summed E-state index contributed by atoms with van der Waals surface area (Å²) in [5, 5.41) is 12.5. The molecule has 0 spiro atoms. The van der Waals surface area contributed by atoms with Crippen LogP contribution in [0.3, 0.4) is 0 Å². The van der Waals surface area contributed by atoms with Crippen molar-refractivity contribution in [2.24, 2.45) is 5.73 Å². The van der Waals surface area contributed by atoms with Crippen molar-refractivity contribution in [2.45, 2.75) is 39.0 Å². The largest absolute Gasteiger partial charge is 0.393 e. The Morgan fingerprint density at radius 2 is 2.18 bits per heavy atom. The standard InChI is InChI=1S/C13H20N2O2/c1-9(6-10(2)16)15-8-11-4-3-5-12(7-11)13(14)17/h3-5,7,9-10,15-16H,6,8H2,1-2H3,(H2,14,17). The zero-order valence-electron chi connectivity index (χ0n) is 10.3. The number of hydrogen-bond acceptors (Lipinski definition) is 3. The first-order valence-electron chi connectivity index (χ1n) is 5.79. The minimum absolute atomic E-state index is 0.229. The van der Waals surface area contributed by atoms with Crippen molar-refractivity contribution in [2.75, 3.05) is 0 Å². The van der Waals surface area contributed by atoms with Crippen LogP contribution in [0.25, 0.3) is 0 Å². The quantitative estimate of drug-likeness (QED) is 0.690. The number of benzene rings is 1. The number of amides is 1. The van der Waals surface area contributed by atoms with Gasteiger partial charge in [-0.3, -0.25) is 4.79 Å². The molecule has 17 heavy (non-hydrogen) atoms. The maximum Gasteiger partial charge on any atom is 0.248 e. The fourth-order valence-corrected chi connectivity index (χ4v) is 1.72. The topological polar surface area (TPSA) is 75.3 Å². The fourth-order valence-electron chi connectivity index (χ4n) is 1.72. The molecule has 2 unspecified atom stereocenters. The van der Waals surface area contributed by atoms with E-state index in [2.05, 4.69) is 5.32 Å². The first kappa shape index (κ1) is 13.7. The molecule has 0 aromatic heterocycles. The lowest BCUT2D eigenvalue weighted by atomic mass is 10.1. The second-order valence-corrected chi connectivity index (χ2v) is 4.43. The molecular formula is C13H20N2O2. The van der Waals surface area contributed by atoms with Crippen LogP contribution in [0, 0.1) is 0 Å². The Labute approximate surface area is 102 Å². The van der Waals surface area contributed by atoms with E-state index in [1.54, 1.807) is 19.1 Å². The molecule has 0 heterocycles. The molecule has 4 nitrogen and oxygen atoms in total. The van der Waals surface area contributed by atoms with Crippen LogP contribution in [0.1, 0.15) is 36.2 Å². The molecule has 1 rings (SSSR count). The Kier molecular flexibility index (Phi) is 5.12. The number of primary amides is 1. The predicted octanol–water partition coefficient (Wildman–Crippen LogP) is 1.03. The van der Waals surface area contributed by atoms with Crippen molar-refractivity contribution in [3.8, 4) is 0 Å². The van der Waals surface area contributed by atoms with Crippen LogP contribution in [0.15, 0.2) is 24.3 Å². The van der Waals surface area contributed by atoms with Crippen LogP contribution in [-0.2, 0) is 6.54 Å². The van der Waals surface area contributed by atoms with Gasteiger partial charge in [0.05, 0.1) is 6.10 Å². The van der Waals surface area contributed by atoms with E-state index in [1.807, 2.05) is 19.1 Å². The normalized spacial score (nSPS) is 14.3. The summed E-state index contributed by atoms with van der Waals surface area (Å²) < 4.78 is 0. The molecule has 0 fully saturated rings. The highest BCUT2D eigenvalue weighted by Gasteiger charge is 2.06. The Morgan fingerprint density at radius 3 is 2.76 bits per heavy atom. The zero-order valence-corrected chi connectivity index (χ0v) is 10.3. The van der Waals surface area contributed by atoms with Crippen molar-refractivity contribution in [3.05, 3.63) is 35.4 Å². The second kappa shape index (κ2) is 6.37. The molecule has 0 aliphatic carbocycles. The first-order valence-corrected chi connectivity index (χ1v) is 5.79. The number of aliphatic hydroxyl groups excluding tert-OH is 1. The Bertz CT molecular complexity index is 377. The molecule has 0 aliphatic rings. The number of nitrogens with two attached hydrogens (primary N) is 1. The van der Waals surface area contributed by atoms with Crippen LogP contribution in [-0.4, -0.2) is 23.2 Å². The van der Waals surface area contributed by atoms with E-state index in [4.69, 9.17) is 5.73 Å². The molecule has 0 bridgehead atoms. The molecule has 4 heteroatoms. The third kappa shape index (κ3) is 4.97. The molecule has 4 N–H and O–H groups in total. The minimum Gasteiger partial charge on any atom is -0.393 e. The smallest absolute Gasteiger partial charge is 0.248 e. The summed E-state index contributed by atoms with van der Waals surface area (Å²) in [5.41, 5.74) is 6.75. The number of hydrogen-bond donors (Lipinski definition) is 3. The summed E-state index contributed by atoms with van der Waals surface area (Å²) in [6.45, 7) is 4.45. The highest BCUT2D eigenvalue weighted by Crippen LogP contribution is 2.05. The van der Waals surface area contributed by atoms with Crippen LogP contribution in [0.4, 0.5) is 0 Å². The summed E-state index contributed by atoms with van der Waals surface area (Å²) in [7, 11) is 0. The molecule has 0 radical (unpaired) electrons. The van der Waals surface area contributed by atoms with E-state index < -0.39 is 5.91 Å². The summed E-state index contributed by atoms with van der Waals surface area (Å²) in [6.07, 6.45) is 0.393. The number of carbonyl (C=O) groups excluding carboxylic acids is 1. The van der Waals surface area contributed by atoms with E-state index in [0.29, 0.717) is 18.5 Å². The lowest BCUT2D eigenvalue weighted by molar-refractivity contribution is 0.1000. The van der Waals surface area contributed by atoms with Crippen molar-refractivity contribution < 1.29 is 9.90 Å². The van der Waals surface area contributed by atoms with E-state index in [1.165, 1.54) is 0 Å². The highest BCUT2D eigenvalue weighted by atomic mass is 16.3. The van der Waals surface area contributed by atoms with Crippen LogP contribution >= 0.6 is 0 Å². The van der Waals surface area contributed by atoms with Crippen LogP contribution in [0.2, 0.25) is 0 Å². The maximum absolute atomic E-state index is 11.0. The van der Waals surface area contributed by atoms with Crippen molar-refractivity contribution in [1.82, 2.24) is 5.32 Å². The summed E-state index contributed by atoms with van der Waals surface area (Å²) >= 11 is 0. The first-order chi connectivity index (χ1) is 7.99. The predicted molar refractivity (Wildman–Crippen MR) is 67.6 cm³/mol. The zero-order chi connectivity index (χ0) is 12.8. The average molecular weight is 236 g/mol. The van der Waals surface area contributed by atoms with Gasteiger partial charge >= 0.3 is 0 Å². The molecule has 0 saturated heterocycles. The molecule has 1 aromatic rings. The van der Waals surface area contributed by atoms with Gasteiger partial charge in [0.2, 0.25) is 5.91 Å². The van der Waals surface area contributed by atoms with E-state index in [0.717, 1.165) is 5.56 Å². The molecule has 0 saturated carbocycles. The summed E-state index contributed by atoms with van der Waals surface area (Å²) in [5.74, 6) is -0.413. The molecular weight excluding hydrogens is 216 g/mol. The molecule has 1 amide bonds. The highest BCUT2D eigenvalue weighted by molar-refractivity contribution is 5.92. The lowest BCUT2D eigenvalue weighted by Gasteiger charge is -2.15. The number of carbonyl (C=O) groups is 1. The molecule has 94 valence electrons. The summed E-state index contributed by atoms with van der Waals surface area (Å²) in [6, 6.07) is 7.47. The number of aliphatic hydroxyl groups is 1. The molecule has 1 aromatic carbocycles. The summed E-state index contributed by atoms with van der Waals surface area (Å²) in [4.78, 5) is 11.0. The Morgan fingerprint density at radius 1 is 1.47 bits per heavy atom. The SMILES string of the molecule is CC(O)CC(C)NCc1cccc(C(N)=O)c1. The van der Waals surface area contributed by atoms with Gasteiger partial charge in [-0.2, -0.15) is 0 Å². The fraction of sp³-hybridized carbons (Fsp3) is 0.462. The van der Waals surface area contributed by atoms with Gasteiger partial charge in [-0.1, -0.05) is 12.1 Å². The van der Waals surface area contributed by atoms with Gasteiger partial charge in [0.1, 0.15) is 0 Å². The van der Waals surface area contributed by atoms with Crippen LogP contribution in [0.5, 0.6) is 0 Å². The Balaban J connectivity index is 2.51. The van der Waals surface area contributed by atoms with Gasteiger partial charge in [0.25, 0.3) is 0 Å². The van der Waals surface area contributed by atoms with E-state index in [-0.39, 0.29) is 12.1 Å². The van der Waals surface area contributed by atoms with Gasteiger partial charge in [-0.15, -0.1) is 0 Å². The maximum atomic E-state index is 11.0. The third-order valence-corrected chi connectivity index (χ3v) is 2.56. The second-order valence-electron chi connectivity index (χ2n) is 4.43. The van der Waals surface area contributed by atoms with Gasteiger partial charge in [0, 0.05) is 18.2 Å². The molecule has 0 aliphatic heterocycles. The third-order valence-electron chi connectivity index (χ3n) is 2.56. The van der Waals surface area contributed by atoms with Gasteiger partial charge in [0.15, 0.2) is 0 Å². The molecule has 2 atom stereocenters. The van der Waals surface area contributed by atoms with Gasteiger partial charge < -0.3 is 16.2 Å². The van der Waals surface area contributed by atoms with E-state index >= 15 is 0 Å². The van der Waals surface area contributed by atoms with Gasteiger partial charge in [-0.05, 0) is 38.0 Å². The number of rotatable bonds is 6. The van der Waals surface area contributed by atoms with E-state index in [9.17, 15) is 9.90 Å².